The molecule has 0 bridgehead atoms. The highest BCUT2D eigenvalue weighted by molar-refractivity contribution is 5.81. The lowest BCUT2D eigenvalue weighted by atomic mass is 10.0. The number of allylic oxidation sites excluding steroid dienone is 1. The van der Waals surface area contributed by atoms with Crippen LogP contribution in [0.4, 0.5) is 0 Å². The Morgan fingerprint density at radius 1 is 0.432 bits per heavy atom. The summed E-state index contributed by atoms with van der Waals surface area (Å²) in [4.78, 5) is 11.8. The zero-order valence-corrected chi connectivity index (χ0v) is 25.7. The topological polar surface area (TPSA) is 26.3 Å². The van der Waals surface area contributed by atoms with Crippen LogP contribution in [0.3, 0.4) is 0 Å². The third-order valence-electron chi connectivity index (χ3n) is 7.72. The van der Waals surface area contributed by atoms with E-state index < -0.39 is 0 Å². The molecule has 0 spiro atoms. The van der Waals surface area contributed by atoms with Gasteiger partial charge in [-0.05, 0) is 19.3 Å². The molecule has 37 heavy (non-hydrogen) atoms. The third-order valence-corrected chi connectivity index (χ3v) is 7.72. The Morgan fingerprint density at radius 2 is 0.730 bits per heavy atom. The molecule has 0 fully saturated rings. The Labute approximate surface area is 234 Å². The van der Waals surface area contributed by atoms with E-state index in [4.69, 9.17) is 4.74 Å². The number of unbranched alkanes of at least 4 members (excludes halogenated alkanes) is 27. The van der Waals surface area contributed by atoms with Gasteiger partial charge in [-0.2, -0.15) is 0 Å². The van der Waals surface area contributed by atoms with Gasteiger partial charge < -0.3 is 4.74 Å². The Morgan fingerprint density at radius 3 is 1.08 bits per heavy atom. The zero-order chi connectivity index (χ0) is 26.9. The Balaban J connectivity index is 3.21. The molecule has 0 radical (unpaired) electrons. The molecule has 0 aliphatic heterocycles. The molecule has 0 aromatic rings. The minimum Gasteiger partial charge on any atom is -0.463 e. The highest BCUT2D eigenvalue weighted by atomic mass is 16.5. The molecule has 220 valence electrons. The smallest absolute Gasteiger partial charge is 0.330 e. The van der Waals surface area contributed by atoms with Crippen LogP contribution in [-0.2, 0) is 9.53 Å². The Bertz CT molecular complexity index is 456. The van der Waals surface area contributed by atoms with Gasteiger partial charge in [-0.25, -0.2) is 4.79 Å². The van der Waals surface area contributed by atoms with Gasteiger partial charge in [0.15, 0.2) is 0 Å². The summed E-state index contributed by atoms with van der Waals surface area (Å²) < 4.78 is 5.35. The van der Waals surface area contributed by atoms with Gasteiger partial charge in [-0.3, -0.25) is 0 Å². The summed E-state index contributed by atoms with van der Waals surface area (Å²) in [5.41, 5.74) is 0. The molecule has 0 atom stereocenters. The number of esters is 1. The molecule has 0 heterocycles. The van der Waals surface area contributed by atoms with Crippen molar-refractivity contribution in [1.82, 2.24) is 0 Å². The highest BCUT2D eigenvalue weighted by Crippen LogP contribution is 2.14. The molecular weight excluding hydrogens is 452 g/mol. The SMILES string of the molecule is CCCCCCCCCCCCCCCCCC=CC(=O)OCCCCCCCCCCCCCCC. The van der Waals surface area contributed by atoms with Crippen molar-refractivity contribution in [3.8, 4) is 0 Å². The second kappa shape index (κ2) is 33.2. The normalized spacial score (nSPS) is 11.5. The van der Waals surface area contributed by atoms with Gasteiger partial charge in [0.25, 0.3) is 0 Å². The first-order valence-electron chi connectivity index (χ1n) is 17.1. The molecule has 0 aromatic carbocycles. The van der Waals surface area contributed by atoms with Crippen LogP contribution >= 0.6 is 0 Å². The predicted octanol–water partition coefficient (Wildman–Crippen LogP) is 12.4. The van der Waals surface area contributed by atoms with Crippen LogP contribution in [0.2, 0.25) is 0 Å². The van der Waals surface area contributed by atoms with Gasteiger partial charge >= 0.3 is 5.97 Å². The fourth-order valence-electron chi connectivity index (χ4n) is 5.15. The molecule has 2 heteroatoms. The quantitative estimate of drug-likeness (QED) is 0.0516. The van der Waals surface area contributed by atoms with Crippen molar-refractivity contribution in [1.29, 1.82) is 0 Å². The number of ether oxygens (including phenoxy) is 1. The minimum absolute atomic E-state index is 0.153. The molecule has 0 N–H and O–H groups in total. The fraction of sp³-hybridized carbons (Fsp3) is 0.914. The lowest BCUT2D eigenvalue weighted by Crippen LogP contribution is -2.02. The van der Waals surface area contributed by atoms with Crippen LogP contribution in [0, 0.1) is 0 Å². The predicted molar refractivity (Wildman–Crippen MR) is 165 cm³/mol. The van der Waals surface area contributed by atoms with Crippen molar-refractivity contribution in [2.45, 2.75) is 200 Å². The van der Waals surface area contributed by atoms with E-state index in [0.29, 0.717) is 6.61 Å². The lowest BCUT2D eigenvalue weighted by molar-refractivity contribution is -0.137. The maximum absolute atomic E-state index is 11.8. The molecule has 0 saturated heterocycles. The number of hydrogen-bond acceptors (Lipinski definition) is 2. The first kappa shape index (κ1) is 36.2. The standard InChI is InChI=1S/C35H68O2/c1-3-5-7-9-11-13-15-17-18-19-20-21-23-25-27-29-31-33-35(36)37-34-32-30-28-26-24-22-16-14-12-10-8-6-4-2/h31,33H,3-30,32,34H2,1-2H3. The molecule has 0 amide bonds. The van der Waals surface area contributed by atoms with Crippen LogP contribution in [0.1, 0.15) is 200 Å². The largest absolute Gasteiger partial charge is 0.463 e. The molecule has 0 aliphatic rings. The lowest BCUT2D eigenvalue weighted by Gasteiger charge is -2.04. The van der Waals surface area contributed by atoms with Gasteiger partial charge in [0.1, 0.15) is 0 Å². The van der Waals surface area contributed by atoms with Gasteiger partial charge in [0.05, 0.1) is 6.61 Å². The van der Waals surface area contributed by atoms with E-state index >= 15 is 0 Å². The van der Waals surface area contributed by atoms with Gasteiger partial charge in [-0.15, -0.1) is 0 Å². The summed E-state index contributed by atoms with van der Waals surface area (Å²) in [5, 5.41) is 0. The van der Waals surface area contributed by atoms with Gasteiger partial charge in [-0.1, -0.05) is 187 Å². The monoisotopic (exact) mass is 521 g/mol. The number of carbonyl (C=O) groups is 1. The summed E-state index contributed by atoms with van der Waals surface area (Å²) >= 11 is 0. The van der Waals surface area contributed by atoms with Crippen LogP contribution in [0.25, 0.3) is 0 Å². The number of hydrogen-bond donors (Lipinski definition) is 0. The van der Waals surface area contributed by atoms with Crippen molar-refractivity contribution in [3.05, 3.63) is 12.2 Å². The Kier molecular flexibility index (Phi) is 32.5. The molecule has 2 nitrogen and oxygen atoms in total. The van der Waals surface area contributed by atoms with Crippen molar-refractivity contribution < 1.29 is 9.53 Å². The average molecular weight is 521 g/mol. The summed E-state index contributed by atoms with van der Waals surface area (Å²) in [5.74, 6) is -0.153. The maximum Gasteiger partial charge on any atom is 0.330 e. The zero-order valence-electron chi connectivity index (χ0n) is 25.7. The second-order valence-electron chi connectivity index (χ2n) is 11.6. The van der Waals surface area contributed by atoms with E-state index in [-0.39, 0.29) is 5.97 Å². The Hall–Kier alpha value is -0.790. The fourth-order valence-corrected chi connectivity index (χ4v) is 5.15. The van der Waals surface area contributed by atoms with E-state index in [2.05, 4.69) is 13.8 Å². The first-order chi connectivity index (χ1) is 18.3. The molecule has 0 aliphatic carbocycles. The highest BCUT2D eigenvalue weighted by Gasteiger charge is 1.98. The van der Waals surface area contributed by atoms with Crippen LogP contribution < -0.4 is 0 Å². The number of rotatable bonds is 31. The van der Waals surface area contributed by atoms with Crippen LogP contribution in [0.5, 0.6) is 0 Å². The van der Waals surface area contributed by atoms with E-state index in [9.17, 15) is 4.79 Å². The van der Waals surface area contributed by atoms with Gasteiger partial charge in [0.2, 0.25) is 0 Å². The van der Waals surface area contributed by atoms with Crippen molar-refractivity contribution in [2.75, 3.05) is 6.61 Å². The second-order valence-corrected chi connectivity index (χ2v) is 11.6. The van der Waals surface area contributed by atoms with E-state index in [1.807, 2.05) is 6.08 Å². The summed E-state index contributed by atoms with van der Waals surface area (Å²) in [7, 11) is 0. The van der Waals surface area contributed by atoms with Crippen LogP contribution in [-0.4, -0.2) is 12.6 Å². The van der Waals surface area contributed by atoms with Crippen LogP contribution in [0.15, 0.2) is 12.2 Å². The summed E-state index contributed by atoms with van der Waals surface area (Å²) in [6.45, 7) is 5.15. The van der Waals surface area contributed by atoms with Crippen molar-refractivity contribution >= 4 is 5.97 Å². The molecule has 0 rings (SSSR count). The van der Waals surface area contributed by atoms with Crippen molar-refractivity contribution in [3.63, 3.8) is 0 Å². The first-order valence-corrected chi connectivity index (χ1v) is 17.1. The molecule has 0 saturated carbocycles. The van der Waals surface area contributed by atoms with Gasteiger partial charge in [0, 0.05) is 6.08 Å². The van der Waals surface area contributed by atoms with E-state index in [0.717, 1.165) is 12.8 Å². The number of carbonyl (C=O) groups excluding carboxylic acids is 1. The van der Waals surface area contributed by atoms with E-state index in [1.165, 1.54) is 173 Å². The van der Waals surface area contributed by atoms with Crippen molar-refractivity contribution in [2.24, 2.45) is 0 Å². The summed E-state index contributed by atoms with van der Waals surface area (Å²) in [6.07, 6.45) is 43.0. The minimum atomic E-state index is -0.153. The average Bonchev–Trinajstić information content (AvgIpc) is 2.90. The summed E-state index contributed by atoms with van der Waals surface area (Å²) in [6, 6.07) is 0. The third kappa shape index (κ3) is 33.2. The van der Waals surface area contributed by atoms with E-state index in [1.54, 1.807) is 6.08 Å². The molecule has 0 aromatic heterocycles. The maximum atomic E-state index is 11.8. The molecular formula is C35H68O2. The molecule has 0 unspecified atom stereocenters.